The van der Waals surface area contributed by atoms with Crippen molar-refractivity contribution in [1.82, 2.24) is 19.5 Å². The van der Waals surface area contributed by atoms with E-state index in [9.17, 15) is 5.11 Å². The molecule has 124 valence electrons. The maximum absolute atomic E-state index is 9.56. The van der Waals surface area contributed by atoms with Crippen LogP contribution in [0.15, 0.2) is 35.3 Å². The van der Waals surface area contributed by atoms with E-state index in [2.05, 4.69) is 36.2 Å². The van der Waals surface area contributed by atoms with Crippen molar-refractivity contribution in [2.24, 2.45) is 0 Å². The summed E-state index contributed by atoms with van der Waals surface area (Å²) in [6, 6.07) is 5.38. The molecule has 1 aliphatic heterocycles. The molecule has 0 spiro atoms. The van der Waals surface area contributed by atoms with E-state index < -0.39 is 0 Å². The molecule has 1 aromatic carbocycles. The summed E-state index contributed by atoms with van der Waals surface area (Å²) in [5, 5.41) is 12.8. The highest BCUT2D eigenvalue weighted by Crippen LogP contribution is 2.28. The molecule has 2 N–H and O–H groups in total. The summed E-state index contributed by atoms with van der Waals surface area (Å²) in [5.74, 6) is 0.902. The van der Waals surface area contributed by atoms with Gasteiger partial charge in [-0.2, -0.15) is 0 Å². The van der Waals surface area contributed by atoms with Crippen molar-refractivity contribution in [1.29, 1.82) is 0 Å². The topological polar surface area (TPSA) is 85.1 Å². The fraction of sp³-hybridized carbons (Fsp3) is 0.312. The molecule has 24 heavy (non-hydrogen) atoms. The van der Waals surface area contributed by atoms with Crippen molar-refractivity contribution in [3.05, 3.63) is 40.9 Å². The number of aromatic nitrogens is 4. The average Bonchev–Trinajstić information content (AvgIpc) is 3.24. The minimum absolute atomic E-state index is 0.00537. The van der Waals surface area contributed by atoms with Crippen LogP contribution in [-0.4, -0.2) is 31.2 Å². The van der Waals surface area contributed by atoms with Gasteiger partial charge in [0, 0.05) is 13.2 Å². The minimum Gasteiger partial charge on any atom is -0.507 e. The zero-order chi connectivity index (χ0) is 16.5. The molecule has 7 nitrogen and oxygen atoms in total. The van der Waals surface area contributed by atoms with Gasteiger partial charge in [-0.1, -0.05) is 6.07 Å². The Morgan fingerprint density at radius 3 is 3.04 bits per heavy atom. The number of nitrogens with zero attached hydrogens (tertiary/aromatic N) is 4. The molecule has 1 atom stereocenters. The first-order chi connectivity index (χ1) is 11.7. The number of fused-ring (bicyclic) bond motifs is 1. The number of ether oxygens (including phenoxy) is 1. The van der Waals surface area contributed by atoms with E-state index in [-0.39, 0.29) is 12.0 Å². The second kappa shape index (κ2) is 6.37. The summed E-state index contributed by atoms with van der Waals surface area (Å²) in [6.45, 7) is 1.34. The number of benzene rings is 1. The van der Waals surface area contributed by atoms with E-state index in [1.54, 1.807) is 12.4 Å². The Bertz CT molecular complexity index is 876. The second-order valence-electron chi connectivity index (χ2n) is 5.65. The quantitative estimate of drug-likeness (QED) is 0.712. The molecule has 3 aromatic rings. The van der Waals surface area contributed by atoms with E-state index in [4.69, 9.17) is 4.74 Å². The molecule has 0 amide bonds. The number of rotatable bonds is 4. The number of anilines is 1. The Morgan fingerprint density at radius 1 is 1.33 bits per heavy atom. The monoisotopic (exact) mass is 389 g/mol. The molecule has 1 saturated heterocycles. The van der Waals surface area contributed by atoms with E-state index in [1.165, 1.54) is 6.33 Å². The summed E-state index contributed by atoms with van der Waals surface area (Å²) in [5.41, 5.74) is 2.52. The zero-order valence-corrected chi connectivity index (χ0v) is 14.4. The van der Waals surface area contributed by atoms with Crippen molar-refractivity contribution < 1.29 is 9.84 Å². The normalized spacial score (nSPS) is 17.5. The number of hydrogen-bond acceptors (Lipinski definition) is 6. The lowest BCUT2D eigenvalue weighted by Crippen LogP contribution is -2.07. The second-order valence-corrected chi connectivity index (χ2v) is 6.51. The molecule has 0 saturated carbocycles. The largest absolute Gasteiger partial charge is 0.507 e. The van der Waals surface area contributed by atoms with Crippen LogP contribution in [0.4, 0.5) is 5.82 Å². The maximum atomic E-state index is 9.56. The number of aromatic hydroxyl groups is 1. The average molecular weight is 390 g/mol. The highest BCUT2D eigenvalue weighted by Gasteiger charge is 2.21. The molecule has 8 heteroatoms. The van der Waals surface area contributed by atoms with E-state index >= 15 is 0 Å². The van der Waals surface area contributed by atoms with Crippen LogP contribution in [0.3, 0.4) is 0 Å². The van der Waals surface area contributed by atoms with Gasteiger partial charge in [-0.3, -0.25) is 4.57 Å². The highest BCUT2D eigenvalue weighted by atomic mass is 79.9. The first-order valence-electron chi connectivity index (χ1n) is 7.73. The molecule has 0 radical (unpaired) electrons. The number of phenolic OH excluding ortho intramolecular Hbond substituents is 1. The van der Waals surface area contributed by atoms with Gasteiger partial charge in [0.05, 0.1) is 10.8 Å². The SMILES string of the molecule is Oc1ccc(CNc2ncnc3c2ncn3C2CCCO2)cc1Br. The van der Waals surface area contributed by atoms with E-state index in [1.807, 2.05) is 16.7 Å². The Kier molecular flexibility index (Phi) is 4.07. The van der Waals surface area contributed by atoms with Crippen molar-refractivity contribution >= 4 is 32.9 Å². The first kappa shape index (κ1) is 15.3. The Labute approximate surface area is 146 Å². The smallest absolute Gasteiger partial charge is 0.167 e. The highest BCUT2D eigenvalue weighted by molar-refractivity contribution is 9.10. The third-order valence-electron chi connectivity index (χ3n) is 4.05. The molecule has 1 fully saturated rings. The maximum Gasteiger partial charge on any atom is 0.167 e. The van der Waals surface area contributed by atoms with E-state index in [0.29, 0.717) is 16.8 Å². The molecular weight excluding hydrogens is 374 g/mol. The third kappa shape index (κ3) is 2.83. The Morgan fingerprint density at radius 2 is 2.25 bits per heavy atom. The van der Waals surface area contributed by atoms with Gasteiger partial charge in [0.15, 0.2) is 17.0 Å². The number of phenols is 1. The molecule has 1 aliphatic rings. The van der Waals surface area contributed by atoms with Crippen LogP contribution in [0.25, 0.3) is 11.2 Å². The van der Waals surface area contributed by atoms with Gasteiger partial charge in [-0.15, -0.1) is 0 Å². The van der Waals surface area contributed by atoms with Crippen LogP contribution in [0.1, 0.15) is 24.6 Å². The molecule has 0 aliphatic carbocycles. The van der Waals surface area contributed by atoms with Gasteiger partial charge < -0.3 is 15.2 Å². The molecule has 3 heterocycles. The number of imidazole rings is 1. The summed E-state index contributed by atoms with van der Waals surface area (Å²) >= 11 is 3.32. The summed E-state index contributed by atoms with van der Waals surface area (Å²) in [4.78, 5) is 13.1. The van der Waals surface area contributed by atoms with Crippen LogP contribution in [0.2, 0.25) is 0 Å². The fourth-order valence-corrected chi connectivity index (χ4v) is 3.24. The lowest BCUT2D eigenvalue weighted by Gasteiger charge is -2.11. The molecular formula is C16H16BrN5O2. The summed E-state index contributed by atoms with van der Waals surface area (Å²) in [6.07, 6.45) is 5.32. The van der Waals surface area contributed by atoms with Crippen molar-refractivity contribution in [2.45, 2.75) is 25.6 Å². The van der Waals surface area contributed by atoms with Crippen molar-refractivity contribution in [3.8, 4) is 5.75 Å². The molecule has 0 bridgehead atoms. The molecule has 1 unspecified atom stereocenters. The van der Waals surface area contributed by atoms with Crippen molar-refractivity contribution in [2.75, 3.05) is 11.9 Å². The summed E-state index contributed by atoms with van der Waals surface area (Å²) < 4.78 is 8.34. The van der Waals surface area contributed by atoms with Crippen LogP contribution in [0.5, 0.6) is 5.75 Å². The zero-order valence-electron chi connectivity index (χ0n) is 12.8. The van der Waals surface area contributed by atoms with Crippen LogP contribution < -0.4 is 5.32 Å². The van der Waals surface area contributed by atoms with Crippen LogP contribution >= 0.6 is 15.9 Å². The number of halogens is 1. The first-order valence-corrected chi connectivity index (χ1v) is 8.52. The third-order valence-corrected chi connectivity index (χ3v) is 4.68. The minimum atomic E-state index is 0.00537. The van der Waals surface area contributed by atoms with Crippen molar-refractivity contribution in [3.63, 3.8) is 0 Å². The van der Waals surface area contributed by atoms with Crippen LogP contribution in [0, 0.1) is 0 Å². The number of nitrogens with one attached hydrogen (secondary N) is 1. The predicted octanol–water partition coefficient (Wildman–Crippen LogP) is 3.22. The van der Waals surface area contributed by atoms with Gasteiger partial charge in [-0.05, 0) is 46.5 Å². The van der Waals surface area contributed by atoms with Gasteiger partial charge in [0.25, 0.3) is 0 Å². The Balaban J connectivity index is 1.59. The standard InChI is InChI=1S/C16H16BrN5O2/c17-11-6-10(3-4-12(11)23)7-18-15-14-16(20-8-19-15)22(9-21-14)13-2-1-5-24-13/h3-4,6,8-9,13,23H,1-2,5,7H2,(H,18,19,20). The fourth-order valence-electron chi connectivity index (χ4n) is 2.82. The molecule has 4 rings (SSSR count). The van der Waals surface area contributed by atoms with Gasteiger partial charge in [0.1, 0.15) is 18.3 Å². The number of hydrogen-bond donors (Lipinski definition) is 2. The van der Waals surface area contributed by atoms with Gasteiger partial charge in [-0.25, -0.2) is 15.0 Å². The van der Waals surface area contributed by atoms with E-state index in [0.717, 1.165) is 36.2 Å². The predicted molar refractivity (Wildman–Crippen MR) is 92.7 cm³/mol. The van der Waals surface area contributed by atoms with Gasteiger partial charge in [0.2, 0.25) is 0 Å². The van der Waals surface area contributed by atoms with Crippen LogP contribution in [-0.2, 0) is 11.3 Å². The Hall–Kier alpha value is -2.19. The van der Waals surface area contributed by atoms with Gasteiger partial charge >= 0.3 is 0 Å². The molecule has 2 aromatic heterocycles. The lowest BCUT2D eigenvalue weighted by molar-refractivity contribution is 0.0593. The summed E-state index contributed by atoms with van der Waals surface area (Å²) in [7, 11) is 0. The lowest BCUT2D eigenvalue weighted by atomic mass is 10.2.